The maximum Gasteiger partial charge on any atom is 0.338 e. The third-order valence-electron chi connectivity index (χ3n) is 5.33. The molecule has 29 heavy (non-hydrogen) atoms. The van der Waals surface area contributed by atoms with E-state index in [9.17, 15) is 4.79 Å². The number of aromatic nitrogens is 1. The number of benzene rings is 3. The van der Waals surface area contributed by atoms with Crippen LogP contribution in [0.1, 0.15) is 53.9 Å². The van der Waals surface area contributed by atoms with Crippen LogP contribution in [0.15, 0.2) is 66.9 Å². The van der Waals surface area contributed by atoms with E-state index < -0.39 is 0 Å². The van der Waals surface area contributed by atoms with Crippen molar-refractivity contribution in [3.05, 3.63) is 89.2 Å². The molecule has 0 amide bonds. The van der Waals surface area contributed by atoms with E-state index in [2.05, 4.69) is 49.2 Å². The van der Waals surface area contributed by atoms with Gasteiger partial charge in [-0.15, -0.1) is 0 Å². The summed E-state index contributed by atoms with van der Waals surface area (Å²) in [6.07, 6.45) is 2.60. The summed E-state index contributed by atoms with van der Waals surface area (Å²) in [5.41, 5.74) is 4.01. The van der Waals surface area contributed by atoms with Crippen molar-refractivity contribution in [1.82, 2.24) is 4.98 Å². The summed E-state index contributed by atoms with van der Waals surface area (Å²) in [6.45, 7) is 6.60. The normalized spacial score (nSPS) is 11.3. The maximum absolute atomic E-state index is 12.5. The average molecular weight is 383 g/mol. The van der Waals surface area contributed by atoms with Crippen molar-refractivity contribution >= 4 is 27.5 Å². The van der Waals surface area contributed by atoms with Gasteiger partial charge in [-0.25, -0.2) is 4.79 Å². The van der Waals surface area contributed by atoms with Gasteiger partial charge in [0, 0.05) is 23.7 Å². The molecule has 0 N–H and O–H groups in total. The number of hydrogen-bond donors (Lipinski definition) is 0. The molecular weight excluding hydrogens is 358 g/mol. The molecule has 3 nitrogen and oxygen atoms in total. The zero-order chi connectivity index (χ0) is 20.4. The van der Waals surface area contributed by atoms with Crippen molar-refractivity contribution in [1.29, 1.82) is 0 Å². The van der Waals surface area contributed by atoms with Crippen molar-refractivity contribution < 1.29 is 9.53 Å². The molecule has 0 bridgehead atoms. The van der Waals surface area contributed by atoms with E-state index in [0.717, 1.165) is 27.4 Å². The van der Waals surface area contributed by atoms with Crippen molar-refractivity contribution in [2.45, 2.75) is 33.1 Å². The van der Waals surface area contributed by atoms with Gasteiger partial charge in [-0.1, -0.05) is 62.4 Å². The first-order valence-corrected chi connectivity index (χ1v) is 10.1. The van der Waals surface area contributed by atoms with Crippen LogP contribution in [0.2, 0.25) is 0 Å². The molecule has 0 atom stereocenters. The van der Waals surface area contributed by atoms with Crippen LogP contribution in [-0.4, -0.2) is 17.6 Å². The number of carbonyl (C=O) groups is 1. The molecule has 3 heteroatoms. The third-order valence-corrected chi connectivity index (χ3v) is 5.33. The van der Waals surface area contributed by atoms with Crippen molar-refractivity contribution in [3.8, 4) is 0 Å². The van der Waals surface area contributed by atoms with Crippen molar-refractivity contribution in [3.63, 3.8) is 0 Å². The lowest BCUT2D eigenvalue weighted by Gasteiger charge is -2.12. The molecule has 0 aliphatic heterocycles. The molecule has 146 valence electrons. The molecule has 0 aliphatic rings. The van der Waals surface area contributed by atoms with Gasteiger partial charge in [0.05, 0.1) is 12.2 Å². The molecular formula is C26H25NO2. The number of rotatable bonds is 5. The second kappa shape index (κ2) is 8.04. The largest absolute Gasteiger partial charge is 0.462 e. The van der Waals surface area contributed by atoms with Gasteiger partial charge in [0.25, 0.3) is 0 Å². The number of ether oxygens (including phenoxy) is 1. The molecule has 0 saturated carbocycles. The van der Waals surface area contributed by atoms with E-state index in [1.807, 2.05) is 43.5 Å². The summed E-state index contributed by atoms with van der Waals surface area (Å²) in [6, 6.07) is 20.6. The van der Waals surface area contributed by atoms with Crippen molar-refractivity contribution in [2.24, 2.45) is 0 Å². The third kappa shape index (κ3) is 3.86. The molecule has 0 saturated heterocycles. The average Bonchev–Trinajstić information content (AvgIpc) is 2.73. The summed E-state index contributed by atoms with van der Waals surface area (Å²) >= 11 is 0. The first-order valence-electron chi connectivity index (χ1n) is 10.1. The van der Waals surface area contributed by atoms with Crippen LogP contribution >= 0.6 is 0 Å². The molecule has 4 aromatic rings. The Morgan fingerprint density at radius 1 is 0.966 bits per heavy atom. The van der Waals surface area contributed by atoms with E-state index in [-0.39, 0.29) is 5.97 Å². The summed E-state index contributed by atoms with van der Waals surface area (Å²) < 4.78 is 5.28. The SMILES string of the molecule is CCOC(=O)c1cccc2cccc(Cc3cc4cc(C(C)C)ccc4cn3)c12. The van der Waals surface area contributed by atoms with Gasteiger partial charge >= 0.3 is 5.97 Å². The Morgan fingerprint density at radius 2 is 1.76 bits per heavy atom. The number of esters is 1. The van der Waals surface area contributed by atoms with Crippen LogP contribution in [0.25, 0.3) is 21.5 Å². The Hall–Kier alpha value is -3.20. The lowest BCUT2D eigenvalue weighted by atomic mass is 9.95. The quantitative estimate of drug-likeness (QED) is 0.381. The molecule has 1 heterocycles. The topological polar surface area (TPSA) is 39.2 Å². The van der Waals surface area contributed by atoms with Gasteiger partial charge in [0.1, 0.15) is 0 Å². The molecule has 0 unspecified atom stereocenters. The minimum atomic E-state index is -0.279. The fraction of sp³-hybridized carbons (Fsp3) is 0.231. The van der Waals surface area contributed by atoms with Crippen molar-refractivity contribution in [2.75, 3.05) is 6.61 Å². The van der Waals surface area contributed by atoms with E-state index in [4.69, 9.17) is 4.74 Å². The minimum absolute atomic E-state index is 0.279. The fourth-order valence-electron chi connectivity index (χ4n) is 3.80. The highest BCUT2D eigenvalue weighted by molar-refractivity contribution is 6.06. The molecule has 0 radical (unpaired) electrons. The van der Waals surface area contributed by atoms with Crippen LogP contribution < -0.4 is 0 Å². The number of carbonyl (C=O) groups excluding carboxylic acids is 1. The monoisotopic (exact) mass is 383 g/mol. The predicted octanol–water partition coefficient (Wildman–Crippen LogP) is 6.28. The number of hydrogen-bond acceptors (Lipinski definition) is 3. The highest BCUT2D eigenvalue weighted by Gasteiger charge is 2.14. The zero-order valence-electron chi connectivity index (χ0n) is 17.1. The van der Waals surface area contributed by atoms with Gasteiger partial charge < -0.3 is 4.74 Å². The van der Waals surface area contributed by atoms with E-state index in [0.29, 0.717) is 24.5 Å². The summed E-state index contributed by atoms with van der Waals surface area (Å²) in [5, 5.41) is 4.33. The standard InChI is InChI=1S/C26H25NO2/c1-4-29-26(28)24-10-6-8-18-7-5-9-20(25(18)24)14-23-15-22-13-19(17(2)3)11-12-21(22)16-27-23/h5-13,15-17H,4,14H2,1-3H3. The molecule has 4 rings (SSSR count). The number of fused-ring (bicyclic) bond motifs is 2. The lowest BCUT2D eigenvalue weighted by Crippen LogP contribution is -2.06. The van der Waals surface area contributed by atoms with Crippen LogP contribution in [0.5, 0.6) is 0 Å². The van der Waals surface area contributed by atoms with Gasteiger partial charge in [-0.05, 0) is 52.3 Å². The van der Waals surface area contributed by atoms with Crippen LogP contribution in [0.4, 0.5) is 0 Å². The lowest BCUT2D eigenvalue weighted by molar-refractivity contribution is 0.0528. The highest BCUT2D eigenvalue weighted by atomic mass is 16.5. The van der Waals surface area contributed by atoms with Crippen LogP contribution in [-0.2, 0) is 11.2 Å². The minimum Gasteiger partial charge on any atom is -0.462 e. The Bertz CT molecular complexity index is 1190. The fourth-order valence-corrected chi connectivity index (χ4v) is 3.80. The van der Waals surface area contributed by atoms with Gasteiger partial charge in [-0.3, -0.25) is 4.98 Å². The number of nitrogens with zero attached hydrogens (tertiary/aromatic N) is 1. The molecule has 0 fully saturated rings. The Morgan fingerprint density at radius 3 is 2.52 bits per heavy atom. The summed E-state index contributed by atoms with van der Waals surface area (Å²) in [4.78, 5) is 17.2. The second-order valence-electron chi connectivity index (χ2n) is 7.65. The smallest absolute Gasteiger partial charge is 0.338 e. The molecule has 1 aromatic heterocycles. The first kappa shape index (κ1) is 19.1. The van der Waals surface area contributed by atoms with Gasteiger partial charge in [0.2, 0.25) is 0 Å². The Kier molecular flexibility index (Phi) is 5.30. The Balaban J connectivity index is 1.78. The molecule has 0 spiro atoms. The van der Waals surface area contributed by atoms with Crippen LogP contribution in [0, 0.1) is 0 Å². The van der Waals surface area contributed by atoms with Crippen LogP contribution in [0.3, 0.4) is 0 Å². The van der Waals surface area contributed by atoms with Gasteiger partial charge in [-0.2, -0.15) is 0 Å². The maximum atomic E-state index is 12.5. The first-order chi connectivity index (χ1) is 14.1. The van der Waals surface area contributed by atoms with E-state index >= 15 is 0 Å². The highest BCUT2D eigenvalue weighted by Crippen LogP contribution is 2.27. The molecule has 3 aromatic carbocycles. The summed E-state index contributed by atoms with van der Waals surface area (Å²) in [7, 11) is 0. The second-order valence-corrected chi connectivity index (χ2v) is 7.65. The zero-order valence-corrected chi connectivity index (χ0v) is 17.1. The van der Waals surface area contributed by atoms with E-state index in [1.165, 1.54) is 10.9 Å². The van der Waals surface area contributed by atoms with E-state index in [1.54, 1.807) is 0 Å². The predicted molar refractivity (Wildman–Crippen MR) is 119 cm³/mol. The Labute approximate surface area is 171 Å². The van der Waals surface area contributed by atoms with Gasteiger partial charge in [0.15, 0.2) is 0 Å². The summed E-state index contributed by atoms with van der Waals surface area (Å²) in [5.74, 6) is 0.208. The number of pyridine rings is 1. The molecule has 0 aliphatic carbocycles.